The van der Waals surface area contributed by atoms with Gasteiger partial charge in [0.2, 0.25) is 5.75 Å². The van der Waals surface area contributed by atoms with Crippen LogP contribution in [0.15, 0.2) is 30.6 Å². The highest BCUT2D eigenvalue weighted by atomic mass is 35.5. The monoisotopic (exact) mass is 445 g/mol. The molecule has 0 unspecified atom stereocenters. The first-order valence-corrected chi connectivity index (χ1v) is 9.02. The summed E-state index contributed by atoms with van der Waals surface area (Å²) in [7, 11) is 0. The zero-order valence-electron chi connectivity index (χ0n) is 15.3. The summed E-state index contributed by atoms with van der Waals surface area (Å²) in [5.74, 6) is -0.786. The molecule has 0 saturated carbocycles. The Bertz CT molecular complexity index is 951. The van der Waals surface area contributed by atoms with Crippen molar-refractivity contribution in [2.24, 2.45) is 0 Å². The van der Waals surface area contributed by atoms with Crippen molar-refractivity contribution in [1.29, 1.82) is 0 Å². The third kappa shape index (κ3) is 4.87. The standard InChI is InChI=1S/C17H15ClF3N5O4/c18-12-8-11(17(19,20)21)9-23-15(12)25-6-4-24(5-7-25)14(27)10-30-13-2-1-3-22-16(13)26(28)29/h1-3,8-9H,4-7,10H2. The number of aromatic nitrogens is 2. The van der Waals surface area contributed by atoms with Gasteiger partial charge < -0.3 is 24.7 Å². The van der Waals surface area contributed by atoms with E-state index in [1.54, 1.807) is 4.90 Å². The molecule has 0 spiro atoms. The highest BCUT2D eigenvalue weighted by Gasteiger charge is 2.32. The van der Waals surface area contributed by atoms with E-state index in [4.69, 9.17) is 16.3 Å². The number of hydrogen-bond acceptors (Lipinski definition) is 7. The predicted molar refractivity (Wildman–Crippen MR) is 99.4 cm³/mol. The van der Waals surface area contributed by atoms with Crippen LogP contribution in [0.25, 0.3) is 0 Å². The van der Waals surface area contributed by atoms with Crippen LogP contribution >= 0.6 is 11.6 Å². The van der Waals surface area contributed by atoms with E-state index in [-0.39, 0.29) is 35.6 Å². The van der Waals surface area contributed by atoms with Gasteiger partial charge >= 0.3 is 12.0 Å². The van der Waals surface area contributed by atoms with Crippen LogP contribution in [-0.4, -0.2) is 58.5 Å². The lowest BCUT2D eigenvalue weighted by Crippen LogP contribution is -2.50. The van der Waals surface area contributed by atoms with Crippen molar-refractivity contribution in [3.63, 3.8) is 0 Å². The number of carbonyl (C=O) groups is 1. The van der Waals surface area contributed by atoms with E-state index in [2.05, 4.69) is 9.97 Å². The molecule has 0 aromatic carbocycles. The lowest BCUT2D eigenvalue weighted by molar-refractivity contribution is -0.390. The second-order valence-corrected chi connectivity index (χ2v) is 6.67. The number of pyridine rings is 2. The van der Waals surface area contributed by atoms with Gasteiger partial charge in [0, 0.05) is 32.4 Å². The Kier molecular flexibility index (Phi) is 6.25. The first-order valence-electron chi connectivity index (χ1n) is 8.64. The number of carbonyl (C=O) groups excluding carboxylic acids is 1. The van der Waals surface area contributed by atoms with Crippen molar-refractivity contribution >= 4 is 29.1 Å². The Hall–Kier alpha value is -3.15. The highest BCUT2D eigenvalue weighted by molar-refractivity contribution is 6.33. The molecule has 13 heteroatoms. The highest BCUT2D eigenvalue weighted by Crippen LogP contribution is 2.33. The summed E-state index contributed by atoms with van der Waals surface area (Å²) in [5.41, 5.74) is -0.938. The summed E-state index contributed by atoms with van der Waals surface area (Å²) in [6.45, 7) is 0.715. The maximum atomic E-state index is 12.7. The van der Waals surface area contributed by atoms with E-state index in [9.17, 15) is 28.1 Å². The fourth-order valence-electron chi connectivity index (χ4n) is 2.85. The lowest BCUT2D eigenvalue weighted by Gasteiger charge is -2.35. The summed E-state index contributed by atoms with van der Waals surface area (Å²) in [6, 6.07) is 3.61. The number of alkyl halides is 3. The maximum Gasteiger partial charge on any atom is 0.417 e. The van der Waals surface area contributed by atoms with Gasteiger partial charge in [-0.2, -0.15) is 13.2 Å². The Morgan fingerprint density at radius 3 is 2.57 bits per heavy atom. The Morgan fingerprint density at radius 1 is 1.27 bits per heavy atom. The molecule has 1 aliphatic rings. The molecule has 160 valence electrons. The Morgan fingerprint density at radius 2 is 1.97 bits per heavy atom. The van der Waals surface area contributed by atoms with Gasteiger partial charge in [-0.3, -0.25) is 4.79 Å². The molecule has 0 N–H and O–H groups in total. The molecule has 2 aromatic heterocycles. The van der Waals surface area contributed by atoms with E-state index < -0.39 is 29.1 Å². The third-order valence-corrected chi connectivity index (χ3v) is 4.63. The van der Waals surface area contributed by atoms with Gasteiger partial charge in [0.15, 0.2) is 6.61 Å². The molecular formula is C17H15ClF3N5O4. The van der Waals surface area contributed by atoms with Gasteiger partial charge in [0.05, 0.1) is 10.6 Å². The van der Waals surface area contributed by atoms with Gasteiger partial charge in [-0.15, -0.1) is 0 Å². The first-order chi connectivity index (χ1) is 14.2. The summed E-state index contributed by atoms with van der Waals surface area (Å²) in [4.78, 5) is 33.1. The Balaban J connectivity index is 1.57. The van der Waals surface area contributed by atoms with Crippen molar-refractivity contribution in [1.82, 2.24) is 14.9 Å². The number of hydrogen-bond donors (Lipinski definition) is 0. The molecule has 1 aliphatic heterocycles. The molecule has 1 saturated heterocycles. The minimum Gasteiger partial charge on any atom is -0.476 e. The fraction of sp³-hybridized carbons (Fsp3) is 0.353. The number of nitro groups is 1. The van der Waals surface area contributed by atoms with E-state index in [0.29, 0.717) is 19.3 Å². The minimum atomic E-state index is -4.54. The molecular weight excluding hydrogens is 431 g/mol. The second kappa shape index (κ2) is 8.69. The van der Waals surface area contributed by atoms with Crippen molar-refractivity contribution in [2.75, 3.05) is 37.7 Å². The average molecular weight is 446 g/mol. The zero-order valence-corrected chi connectivity index (χ0v) is 16.1. The number of ether oxygens (including phenoxy) is 1. The van der Waals surface area contributed by atoms with Gasteiger partial charge in [-0.25, -0.2) is 4.98 Å². The van der Waals surface area contributed by atoms with Crippen molar-refractivity contribution in [2.45, 2.75) is 6.18 Å². The number of amides is 1. The van der Waals surface area contributed by atoms with Crippen molar-refractivity contribution in [3.05, 3.63) is 51.3 Å². The SMILES string of the molecule is O=C(COc1cccnc1[N+](=O)[O-])N1CCN(c2ncc(C(F)(F)F)cc2Cl)CC1. The Labute approximate surface area is 173 Å². The molecule has 0 aliphatic carbocycles. The maximum absolute atomic E-state index is 12.7. The van der Waals surface area contributed by atoms with Gasteiger partial charge in [0.25, 0.3) is 5.91 Å². The number of rotatable bonds is 5. The number of anilines is 1. The average Bonchev–Trinajstić information content (AvgIpc) is 2.71. The molecule has 2 aromatic rings. The van der Waals surface area contributed by atoms with Gasteiger partial charge in [-0.1, -0.05) is 11.6 Å². The largest absolute Gasteiger partial charge is 0.476 e. The lowest BCUT2D eigenvalue weighted by atomic mass is 10.2. The number of halogens is 4. The summed E-state index contributed by atoms with van der Waals surface area (Å²) >= 11 is 5.96. The van der Waals surface area contributed by atoms with Crippen LogP contribution in [0.2, 0.25) is 5.02 Å². The summed E-state index contributed by atoms with van der Waals surface area (Å²) in [6.07, 6.45) is -2.58. The molecule has 30 heavy (non-hydrogen) atoms. The molecule has 0 radical (unpaired) electrons. The quantitative estimate of drug-likeness (QED) is 0.515. The molecule has 3 heterocycles. The van der Waals surface area contributed by atoms with E-state index in [0.717, 1.165) is 6.07 Å². The molecule has 9 nitrogen and oxygen atoms in total. The normalized spacial score (nSPS) is 14.5. The summed E-state index contributed by atoms with van der Waals surface area (Å²) in [5, 5.41) is 10.8. The molecule has 1 fully saturated rings. The second-order valence-electron chi connectivity index (χ2n) is 6.27. The number of nitrogens with zero attached hydrogens (tertiary/aromatic N) is 5. The van der Waals surface area contributed by atoms with Crippen LogP contribution < -0.4 is 9.64 Å². The van der Waals surface area contributed by atoms with Crippen LogP contribution in [0.3, 0.4) is 0 Å². The van der Waals surface area contributed by atoms with E-state index in [1.807, 2.05) is 0 Å². The van der Waals surface area contributed by atoms with Crippen LogP contribution in [-0.2, 0) is 11.0 Å². The molecule has 3 rings (SSSR count). The van der Waals surface area contributed by atoms with Crippen LogP contribution in [0.5, 0.6) is 5.75 Å². The van der Waals surface area contributed by atoms with Crippen LogP contribution in [0, 0.1) is 10.1 Å². The van der Waals surface area contributed by atoms with Crippen molar-refractivity contribution < 1.29 is 27.6 Å². The van der Waals surface area contributed by atoms with E-state index in [1.165, 1.54) is 23.2 Å². The first kappa shape index (κ1) is 21.6. The fourth-order valence-corrected chi connectivity index (χ4v) is 3.13. The zero-order chi connectivity index (χ0) is 21.9. The topological polar surface area (TPSA) is 102 Å². The minimum absolute atomic E-state index is 0.116. The summed E-state index contributed by atoms with van der Waals surface area (Å²) < 4.78 is 43.5. The van der Waals surface area contributed by atoms with E-state index >= 15 is 0 Å². The van der Waals surface area contributed by atoms with Gasteiger partial charge in [0.1, 0.15) is 12.0 Å². The smallest absolute Gasteiger partial charge is 0.417 e. The predicted octanol–water partition coefficient (Wildman–Crippen LogP) is 2.78. The molecule has 0 atom stereocenters. The van der Waals surface area contributed by atoms with Crippen LogP contribution in [0.4, 0.5) is 24.8 Å². The number of piperazine rings is 1. The van der Waals surface area contributed by atoms with Gasteiger partial charge in [-0.05, 0) is 28.1 Å². The molecule has 1 amide bonds. The van der Waals surface area contributed by atoms with Crippen molar-refractivity contribution in [3.8, 4) is 5.75 Å². The van der Waals surface area contributed by atoms with Crippen LogP contribution in [0.1, 0.15) is 5.56 Å². The third-order valence-electron chi connectivity index (χ3n) is 4.36. The molecule has 0 bridgehead atoms.